The van der Waals surface area contributed by atoms with Crippen LogP contribution in [0.2, 0.25) is 0 Å². The number of hydrogen-bond acceptors (Lipinski definition) is 4. The lowest BCUT2D eigenvalue weighted by Gasteiger charge is -2.16. The maximum atomic E-state index is 5.12. The van der Waals surface area contributed by atoms with E-state index in [2.05, 4.69) is 82.4 Å². The largest absolute Gasteiger partial charge is 0.353 e. The van der Waals surface area contributed by atoms with Crippen molar-refractivity contribution in [1.29, 1.82) is 0 Å². The number of imidazole rings is 1. The van der Waals surface area contributed by atoms with Crippen LogP contribution < -0.4 is 5.32 Å². The molecule has 4 aromatic rings. The Balaban J connectivity index is 1.63. The van der Waals surface area contributed by atoms with Crippen molar-refractivity contribution in [3.05, 3.63) is 83.3 Å². The van der Waals surface area contributed by atoms with Crippen LogP contribution in [0.5, 0.6) is 0 Å². The zero-order chi connectivity index (χ0) is 22.8. The van der Waals surface area contributed by atoms with E-state index in [0.29, 0.717) is 0 Å². The summed E-state index contributed by atoms with van der Waals surface area (Å²) in [7, 11) is 0. The highest BCUT2D eigenvalue weighted by Crippen LogP contribution is 2.26. The van der Waals surface area contributed by atoms with Gasteiger partial charge in [0.15, 0.2) is 0 Å². The molecule has 0 unspecified atom stereocenters. The smallest absolute Gasteiger partial charge is 0.107 e. The fraction of sp³-hybridized carbons (Fsp3) is 0.296. The Hall–Kier alpha value is -3.51. The number of pyridine rings is 1. The number of nitrogens with one attached hydrogen (secondary N) is 2. The second kappa shape index (κ2) is 9.16. The number of aromatic amines is 1. The summed E-state index contributed by atoms with van der Waals surface area (Å²) in [6.45, 7) is 8.93. The number of nitrogens with zero attached hydrogens (tertiary/aromatic N) is 4. The van der Waals surface area contributed by atoms with E-state index in [1.54, 1.807) is 0 Å². The molecule has 0 atom stereocenters. The van der Waals surface area contributed by atoms with Crippen molar-refractivity contribution in [1.82, 2.24) is 24.8 Å². The van der Waals surface area contributed by atoms with Crippen molar-refractivity contribution in [2.24, 2.45) is 4.99 Å². The SMILES string of the molecule is CCC/N=C(/c1cc2c(-n3cnc(C)c3)cccc2[nH]1)c1nc(C2=CCNCC2)ccc1C. The van der Waals surface area contributed by atoms with E-state index in [1.165, 1.54) is 5.57 Å². The molecule has 0 saturated heterocycles. The number of aryl methyl sites for hydroxylation is 2. The summed E-state index contributed by atoms with van der Waals surface area (Å²) in [5.74, 6) is 0. The van der Waals surface area contributed by atoms with E-state index in [0.717, 1.165) is 83.1 Å². The average molecular weight is 439 g/mol. The van der Waals surface area contributed by atoms with Gasteiger partial charge in [0.25, 0.3) is 0 Å². The van der Waals surface area contributed by atoms with Crippen LogP contribution in [0.15, 0.2) is 60.0 Å². The van der Waals surface area contributed by atoms with Crippen molar-refractivity contribution in [2.75, 3.05) is 19.6 Å². The molecule has 2 N–H and O–H groups in total. The van der Waals surface area contributed by atoms with E-state index in [9.17, 15) is 0 Å². The van der Waals surface area contributed by atoms with Crippen LogP contribution in [0.3, 0.4) is 0 Å². The fourth-order valence-electron chi connectivity index (χ4n) is 4.36. The molecule has 6 nitrogen and oxygen atoms in total. The Bertz CT molecular complexity index is 1350. The first-order valence-corrected chi connectivity index (χ1v) is 11.7. The van der Waals surface area contributed by atoms with Crippen molar-refractivity contribution in [3.8, 4) is 5.69 Å². The normalized spacial score (nSPS) is 14.6. The van der Waals surface area contributed by atoms with Gasteiger partial charge in [-0.1, -0.05) is 25.1 Å². The fourth-order valence-corrected chi connectivity index (χ4v) is 4.36. The number of rotatable bonds is 6. The van der Waals surface area contributed by atoms with Crippen LogP contribution in [0.4, 0.5) is 0 Å². The third-order valence-electron chi connectivity index (χ3n) is 6.09. The molecule has 168 valence electrons. The highest BCUT2D eigenvalue weighted by molar-refractivity contribution is 6.14. The Labute approximate surface area is 194 Å². The number of aromatic nitrogens is 4. The zero-order valence-electron chi connectivity index (χ0n) is 19.5. The molecular weight excluding hydrogens is 408 g/mol. The van der Waals surface area contributed by atoms with Crippen molar-refractivity contribution >= 4 is 22.2 Å². The van der Waals surface area contributed by atoms with E-state index < -0.39 is 0 Å². The van der Waals surface area contributed by atoms with E-state index in [4.69, 9.17) is 9.98 Å². The standard InChI is InChI=1S/C27H30N6/c1-4-12-29-27(26-18(2)8-9-22(32-26)20-10-13-28-14-11-20)24-15-21-23(31-24)6-5-7-25(21)33-16-19(3)30-17-33/h5-10,15-17,28,31H,4,11-14H2,1-3H3/b29-27-. The minimum Gasteiger partial charge on any atom is -0.353 e. The van der Waals surface area contributed by atoms with Gasteiger partial charge in [-0.3, -0.25) is 4.99 Å². The molecule has 33 heavy (non-hydrogen) atoms. The van der Waals surface area contributed by atoms with E-state index >= 15 is 0 Å². The van der Waals surface area contributed by atoms with Gasteiger partial charge in [0.2, 0.25) is 0 Å². The van der Waals surface area contributed by atoms with Gasteiger partial charge >= 0.3 is 0 Å². The molecule has 5 rings (SSSR count). The summed E-state index contributed by atoms with van der Waals surface area (Å²) in [5, 5.41) is 4.53. The van der Waals surface area contributed by atoms with Crippen molar-refractivity contribution in [3.63, 3.8) is 0 Å². The molecule has 1 aromatic carbocycles. The Morgan fingerprint density at radius 2 is 2.09 bits per heavy atom. The Kier molecular flexibility index (Phi) is 5.92. The highest BCUT2D eigenvalue weighted by atomic mass is 15.0. The summed E-state index contributed by atoms with van der Waals surface area (Å²) < 4.78 is 2.08. The minimum absolute atomic E-state index is 0.760. The molecular formula is C27H30N6. The lowest BCUT2D eigenvalue weighted by atomic mass is 10.0. The topological polar surface area (TPSA) is 70.9 Å². The average Bonchev–Trinajstić information content (AvgIpc) is 3.47. The van der Waals surface area contributed by atoms with Crippen LogP contribution >= 0.6 is 0 Å². The predicted molar refractivity (Wildman–Crippen MR) is 135 cm³/mol. The number of H-pyrrole nitrogens is 1. The molecule has 0 saturated carbocycles. The van der Waals surface area contributed by atoms with E-state index in [-0.39, 0.29) is 0 Å². The first-order valence-electron chi connectivity index (χ1n) is 11.7. The summed E-state index contributed by atoms with van der Waals surface area (Å²) in [6, 6.07) is 12.8. The molecule has 3 aromatic heterocycles. The molecule has 0 amide bonds. The first-order chi connectivity index (χ1) is 16.1. The quantitative estimate of drug-likeness (QED) is 0.417. The van der Waals surface area contributed by atoms with Crippen LogP contribution in [0, 0.1) is 13.8 Å². The monoisotopic (exact) mass is 438 g/mol. The molecule has 6 heteroatoms. The number of hydrogen-bond donors (Lipinski definition) is 2. The molecule has 0 aliphatic carbocycles. The van der Waals surface area contributed by atoms with Crippen LogP contribution in [-0.2, 0) is 0 Å². The predicted octanol–water partition coefficient (Wildman–Crippen LogP) is 4.99. The maximum absolute atomic E-state index is 5.12. The van der Waals surface area contributed by atoms with Gasteiger partial charge in [-0.25, -0.2) is 9.97 Å². The van der Waals surface area contributed by atoms with Crippen LogP contribution in [-0.4, -0.2) is 44.9 Å². The summed E-state index contributed by atoms with van der Waals surface area (Å²) in [6.07, 6.45) is 8.15. The van der Waals surface area contributed by atoms with Crippen molar-refractivity contribution in [2.45, 2.75) is 33.6 Å². The summed E-state index contributed by atoms with van der Waals surface area (Å²) in [5.41, 5.74) is 9.53. The van der Waals surface area contributed by atoms with Gasteiger partial charge in [0.05, 0.1) is 34.8 Å². The van der Waals surface area contributed by atoms with Crippen LogP contribution in [0.25, 0.3) is 22.2 Å². The summed E-state index contributed by atoms with van der Waals surface area (Å²) >= 11 is 0. The van der Waals surface area contributed by atoms with Gasteiger partial charge in [-0.05, 0) is 68.6 Å². The Morgan fingerprint density at radius 1 is 1.18 bits per heavy atom. The highest BCUT2D eigenvalue weighted by Gasteiger charge is 2.18. The molecule has 0 fully saturated rings. The second-order valence-electron chi connectivity index (χ2n) is 8.62. The van der Waals surface area contributed by atoms with Gasteiger partial charge in [-0.2, -0.15) is 0 Å². The molecule has 0 bridgehead atoms. The third-order valence-corrected chi connectivity index (χ3v) is 6.09. The van der Waals surface area contributed by atoms with E-state index in [1.807, 2.05) is 13.3 Å². The molecule has 1 aliphatic rings. The minimum atomic E-state index is 0.760. The van der Waals surface area contributed by atoms with Crippen molar-refractivity contribution < 1.29 is 0 Å². The van der Waals surface area contributed by atoms with Gasteiger partial charge in [0.1, 0.15) is 5.71 Å². The zero-order valence-corrected chi connectivity index (χ0v) is 19.5. The lowest BCUT2D eigenvalue weighted by molar-refractivity contribution is 0.736. The Morgan fingerprint density at radius 3 is 2.85 bits per heavy atom. The maximum Gasteiger partial charge on any atom is 0.107 e. The molecule has 1 aliphatic heterocycles. The number of benzene rings is 1. The second-order valence-corrected chi connectivity index (χ2v) is 8.62. The number of fused-ring (bicyclic) bond motifs is 1. The van der Waals surface area contributed by atoms with Gasteiger partial charge in [0, 0.05) is 30.2 Å². The first kappa shape index (κ1) is 21.3. The van der Waals surface area contributed by atoms with Gasteiger partial charge < -0.3 is 14.9 Å². The lowest BCUT2D eigenvalue weighted by Crippen LogP contribution is -2.20. The van der Waals surface area contributed by atoms with Gasteiger partial charge in [-0.15, -0.1) is 0 Å². The third kappa shape index (κ3) is 4.26. The summed E-state index contributed by atoms with van der Waals surface area (Å²) in [4.78, 5) is 18.1. The molecule has 4 heterocycles. The van der Waals surface area contributed by atoms with Crippen LogP contribution in [0.1, 0.15) is 48.1 Å². The molecule has 0 radical (unpaired) electrons. The molecule has 0 spiro atoms. The number of aliphatic imine (C=N–C) groups is 1.